The van der Waals surface area contributed by atoms with Gasteiger partial charge in [0.05, 0.1) is 6.67 Å². The summed E-state index contributed by atoms with van der Waals surface area (Å²) in [5.41, 5.74) is 1.90. The van der Waals surface area contributed by atoms with E-state index in [9.17, 15) is 8.78 Å². The van der Waals surface area contributed by atoms with Gasteiger partial charge in [0.1, 0.15) is 5.82 Å². The molecule has 1 aromatic rings. The smallest absolute Gasteiger partial charge is 0.126 e. The van der Waals surface area contributed by atoms with E-state index in [-0.39, 0.29) is 12.5 Å². The molecule has 0 aliphatic heterocycles. The van der Waals surface area contributed by atoms with Gasteiger partial charge < -0.3 is 0 Å². The third-order valence-electron chi connectivity index (χ3n) is 4.76. The molecule has 1 aliphatic rings. The van der Waals surface area contributed by atoms with Gasteiger partial charge in [-0.1, -0.05) is 31.4 Å². The van der Waals surface area contributed by atoms with Crippen LogP contribution in [-0.2, 0) is 0 Å². The normalized spacial score (nSPS) is 22.9. The Morgan fingerprint density at radius 3 is 2.45 bits per heavy atom. The number of hydrogen-bond donors (Lipinski definition) is 0. The van der Waals surface area contributed by atoms with Crippen LogP contribution in [0, 0.1) is 18.7 Å². The minimum atomic E-state index is -0.175. The van der Waals surface area contributed by atoms with Crippen LogP contribution in [0.5, 0.6) is 0 Å². The second-order valence-corrected chi connectivity index (χ2v) is 6.26. The van der Waals surface area contributed by atoms with Gasteiger partial charge in [-0.3, -0.25) is 4.39 Å². The Hall–Kier alpha value is -0.920. The van der Waals surface area contributed by atoms with Gasteiger partial charge in [0.15, 0.2) is 0 Å². The number of halogens is 2. The molecular weight excluding hydrogens is 254 g/mol. The first-order valence-electron chi connectivity index (χ1n) is 8.02. The Labute approximate surface area is 121 Å². The maximum atomic E-state index is 13.6. The number of aryl methyl sites for hydroxylation is 1. The summed E-state index contributed by atoms with van der Waals surface area (Å²) in [5, 5.41) is 0. The summed E-state index contributed by atoms with van der Waals surface area (Å²) in [6.45, 7) is 1.64. The second-order valence-electron chi connectivity index (χ2n) is 6.26. The van der Waals surface area contributed by atoms with Crippen molar-refractivity contribution in [3.8, 4) is 0 Å². The molecule has 0 aromatic heterocycles. The van der Waals surface area contributed by atoms with Crippen molar-refractivity contribution in [2.24, 2.45) is 5.92 Å². The third-order valence-corrected chi connectivity index (χ3v) is 4.76. The van der Waals surface area contributed by atoms with Gasteiger partial charge in [-0.05, 0) is 68.1 Å². The van der Waals surface area contributed by atoms with Crippen LogP contribution in [-0.4, -0.2) is 6.67 Å². The van der Waals surface area contributed by atoms with Crippen LogP contribution < -0.4 is 0 Å². The summed E-state index contributed by atoms with van der Waals surface area (Å²) in [7, 11) is 0. The Balaban J connectivity index is 1.77. The van der Waals surface area contributed by atoms with Crippen molar-refractivity contribution >= 4 is 0 Å². The summed E-state index contributed by atoms with van der Waals surface area (Å²) in [6, 6.07) is 5.71. The monoisotopic (exact) mass is 280 g/mol. The largest absolute Gasteiger partial charge is 0.251 e. The highest BCUT2D eigenvalue weighted by Gasteiger charge is 2.22. The quantitative estimate of drug-likeness (QED) is 0.566. The topological polar surface area (TPSA) is 0 Å². The first-order valence-corrected chi connectivity index (χ1v) is 8.02. The Morgan fingerprint density at radius 1 is 1.05 bits per heavy atom. The molecule has 0 spiro atoms. The average molecular weight is 280 g/mol. The molecule has 0 nitrogen and oxygen atoms in total. The summed E-state index contributed by atoms with van der Waals surface area (Å²) < 4.78 is 25.6. The highest BCUT2D eigenvalue weighted by molar-refractivity contribution is 5.26. The maximum absolute atomic E-state index is 13.6. The predicted octanol–water partition coefficient (Wildman–Crippen LogP) is 5.94. The van der Waals surface area contributed by atoms with Crippen molar-refractivity contribution < 1.29 is 8.78 Å². The summed E-state index contributed by atoms with van der Waals surface area (Å²) in [5.74, 6) is 1.27. The van der Waals surface area contributed by atoms with Crippen molar-refractivity contribution in [1.29, 1.82) is 0 Å². The van der Waals surface area contributed by atoms with Crippen LogP contribution in [0.1, 0.15) is 68.4 Å². The number of rotatable bonds is 6. The molecule has 1 saturated carbocycles. The lowest BCUT2D eigenvalue weighted by atomic mass is 9.77. The minimum Gasteiger partial charge on any atom is -0.251 e. The zero-order valence-corrected chi connectivity index (χ0v) is 12.5. The van der Waals surface area contributed by atoms with Gasteiger partial charge in [-0.25, -0.2) is 4.39 Å². The Morgan fingerprint density at radius 2 is 1.80 bits per heavy atom. The molecule has 0 amide bonds. The minimum absolute atomic E-state index is 0.0733. The lowest BCUT2D eigenvalue weighted by Gasteiger charge is -2.29. The second kappa shape index (κ2) is 7.75. The molecule has 1 fully saturated rings. The fraction of sp³-hybridized carbons (Fsp3) is 0.667. The van der Waals surface area contributed by atoms with Crippen molar-refractivity contribution in [1.82, 2.24) is 0 Å². The lowest BCUT2D eigenvalue weighted by molar-refractivity contribution is 0.300. The maximum Gasteiger partial charge on any atom is 0.126 e. The standard InChI is InChI=1S/C18H26F2/c1-14-6-9-17(13-18(14)20)16-10-7-15(8-11-16)5-3-2-4-12-19/h6,9,13,15-16H,2-5,7-8,10-12H2,1H3. The van der Waals surface area contributed by atoms with E-state index in [2.05, 4.69) is 6.07 Å². The molecule has 0 atom stereocenters. The average Bonchev–Trinajstić information content (AvgIpc) is 2.47. The molecule has 0 radical (unpaired) electrons. The molecule has 0 unspecified atom stereocenters. The third kappa shape index (κ3) is 4.29. The van der Waals surface area contributed by atoms with Crippen LogP contribution >= 0.6 is 0 Å². The van der Waals surface area contributed by atoms with Gasteiger partial charge in [0.2, 0.25) is 0 Å². The summed E-state index contributed by atoms with van der Waals surface area (Å²) >= 11 is 0. The van der Waals surface area contributed by atoms with E-state index >= 15 is 0 Å². The van der Waals surface area contributed by atoms with Crippen LogP contribution in [0.15, 0.2) is 18.2 Å². The molecule has 112 valence electrons. The van der Waals surface area contributed by atoms with E-state index in [0.717, 1.165) is 24.3 Å². The molecule has 1 aromatic carbocycles. The van der Waals surface area contributed by atoms with Crippen LogP contribution in [0.2, 0.25) is 0 Å². The molecule has 2 rings (SSSR count). The zero-order chi connectivity index (χ0) is 14.4. The molecular formula is C18H26F2. The van der Waals surface area contributed by atoms with Gasteiger partial charge in [-0.15, -0.1) is 0 Å². The highest BCUT2D eigenvalue weighted by Crippen LogP contribution is 2.38. The predicted molar refractivity (Wildman–Crippen MR) is 80.3 cm³/mol. The Bertz CT molecular complexity index is 406. The molecule has 20 heavy (non-hydrogen) atoms. The first kappa shape index (κ1) is 15.5. The molecule has 0 saturated heterocycles. The van der Waals surface area contributed by atoms with Crippen molar-refractivity contribution in [2.75, 3.05) is 6.67 Å². The molecule has 2 heteroatoms. The summed E-state index contributed by atoms with van der Waals surface area (Å²) in [6.07, 6.45) is 9.00. The highest BCUT2D eigenvalue weighted by atomic mass is 19.1. The van der Waals surface area contributed by atoms with Gasteiger partial charge in [-0.2, -0.15) is 0 Å². The number of unbranched alkanes of at least 4 members (excludes halogenated alkanes) is 2. The van der Waals surface area contributed by atoms with Crippen molar-refractivity contribution in [2.45, 2.75) is 64.2 Å². The van der Waals surface area contributed by atoms with Crippen LogP contribution in [0.25, 0.3) is 0 Å². The zero-order valence-electron chi connectivity index (χ0n) is 12.5. The van der Waals surface area contributed by atoms with E-state index in [1.807, 2.05) is 13.0 Å². The molecule has 0 N–H and O–H groups in total. The van der Waals surface area contributed by atoms with E-state index in [4.69, 9.17) is 0 Å². The summed E-state index contributed by atoms with van der Waals surface area (Å²) in [4.78, 5) is 0. The molecule has 0 bridgehead atoms. The molecule has 1 aliphatic carbocycles. The van der Waals surface area contributed by atoms with Crippen LogP contribution in [0.3, 0.4) is 0 Å². The Kier molecular flexibility index (Phi) is 6.00. The lowest BCUT2D eigenvalue weighted by Crippen LogP contribution is -2.13. The van der Waals surface area contributed by atoms with Crippen molar-refractivity contribution in [3.05, 3.63) is 35.1 Å². The first-order chi connectivity index (χ1) is 9.70. The van der Waals surface area contributed by atoms with E-state index in [1.165, 1.54) is 44.1 Å². The van der Waals surface area contributed by atoms with Gasteiger partial charge >= 0.3 is 0 Å². The number of benzene rings is 1. The van der Waals surface area contributed by atoms with Gasteiger partial charge in [0.25, 0.3) is 0 Å². The number of alkyl halides is 1. The van der Waals surface area contributed by atoms with E-state index in [0.29, 0.717) is 5.92 Å². The fourth-order valence-electron chi connectivity index (χ4n) is 3.35. The van der Waals surface area contributed by atoms with Crippen molar-refractivity contribution in [3.63, 3.8) is 0 Å². The fourth-order valence-corrected chi connectivity index (χ4v) is 3.35. The van der Waals surface area contributed by atoms with Gasteiger partial charge in [0, 0.05) is 0 Å². The van der Waals surface area contributed by atoms with E-state index < -0.39 is 0 Å². The SMILES string of the molecule is Cc1ccc(C2CCC(CCCCCF)CC2)cc1F. The molecule has 0 heterocycles. The van der Waals surface area contributed by atoms with E-state index in [1.54, 1.807) is 6.07 Å². The van der Waals surface area contributed by atoms with Crippen LogP contribution in [0.4, 0.5) is 8.78 Å². The number of hydrogen-bond acceptors (Lipinski definition) is 0.